The van der Waals surface area contributed by atoms with Crippen molar-refractivity contribution in [3.63, 3.8) is 0 Å². The second kappa shape index (κ2) is 9.11. The van der Waals surface area contributed by atoms with E-state index in [0.717, 1.165) is 5.57 Å². The summed E-state index contributed by atoms with van der Waals surface area (Å²) in [7, 11) is -0.275. The molecule has 0 radical (unpaired) electrons. The van der Waals surface area contributed by atoms with Crippen molar-refractivity contribution in [3.05, 3.63) is 36.4 Å². The van der Waals surface area contributed by atoms with Gasteiger partial charge in [0.05, 0.1) is 0 Å². The molecule has 106 valence electrons. The molecule has 1 nitrogen and oxygen atoms in total. The van der Waals surface area contributed by atoms with Gasteiger partial charge in [0.15, 0.2) is 0 Å². The van der Waals surface area contributed by atoms with Gasteiger partial charge in [0.1, 0.15) is 9.68 Å². The summed E-state index contributed by atoms with van der Waals surface area (Å²) in [5.74, 6) is 0. The fraction of sp³-hybridized carbons (Fsp3) is 0.529. The summed E-state index contributed by atoms with van der Waals surface area (Å²) in [5.41, 5.74) is 2.42. The molecule has 1 aromatic carbocycles. The number of unbranched alkanes of at least 4 members (excludes halogenated alkanes) is 2. The lowest BCUT2D eigenvalue weighted by molar-refractivity contribution is 0.423. The van der Waals surface area contributed by atoms with E-state index in [2.05, 4.69) is 56.2 Å². The Bertz CT molecular complexity index is 361. The average molecular weight is 276 g/mol. The first-order valence-corrected chi connectivity index (χ1v) is 8.98. The van der Waals surface area contributed by atoms with Crippen LogP contribution in [0.1, 0.15) is 52.0 Å². The van der Waals surface area contributed by atoms with E-state index in [1.54, 1.807) is 5.19 Å². The monoisotopic (exact) mass is 275 g/mol. The van der Waals surface area contributed by atoms with Crippen LogP contribution in [0.5, 0.6) is 0 Å². The van der Waals surface area contributed by atoms with Crippen LogP contribution in [0.2, 0.25) is 0 Å². The van der Waals surface area contributed by atoms with Gasteiger partial charge in [-0.2, -0.15) is 0 Å². The Hall–Kier alpha value is -0.863. The minimum Gasteiger partial charge on any atom is -0.325 e. The van der Waals surface area contributed by atoms with Crippen molar-refractivity contribution in [2.45, 2.75) is 46.5 Å². The van der Waals surface area contributed by atoms with Crippen molar-refractivity contribution in [3.8, 4) is 0 Å². The molecule has 0 aliphatic rings. The fourth-order valence-corrected chi connectivity index (χ4v) is 3.91. The van der Waals surface area contributed by atoms with Crippen molar-refractivity contribution < 1.29 is 0 Å². The maximum Gasteiger partial charge on any atom is 0.127 e. The molecule has 0 saturated carbocycles. The molecule has 1 rings (SSSR count). The molecule has 0 aliphatic heterocycles. The zero-order valence-electron chi connectivity index (χ0n) is 12.9. The average Bonchev–Trinajstić information content (AvgIpc) is 2.42. The fourth-order valence-electron chi connectivity index (χ4n) is 2.19. The first-order chi connectivity index (χ1) is 9.17. The van der Waals surface area contributed by atoms with Gasteiger partial charge in [0.2, 0.25) is 0 Å². The highest BCUT2D eigenvalue weighted by atomic mass is 28.2. The van der Waals surface area contributed by atoms with E-state index < -0.39 is 0 Å². The number of benzene rings is 1. The zero-order valence-corrected chi connectivity index (χ0v) is 14.3. The molecule has 0 unspecified atom stereocenters. The SMILES string of the molecule is C=C(C)c1ccc([SiH2]N(CCCC)CCCC)cc1. The summed E-state index contributed by atoms with van der Waals surface area (Å²) in [6, 6.07) is 9.06. The molecule has 0 amide bonds. The number of hydrogen-bond donors (Lipinski definition) is 0. The maximum absolute atomic E-state index is 4.00. The number of hydrogen-bond acceptors (Lipinski definition) is 1. The first kappa shape index (κ1) is 16.2. The van der Waals surface area contributed by atoms with E-state index in [1.165, 1.54) is 44.3 Å². The molecule has 0 N–H and O–H groups in total. The van der Waals surface area contributed by atoms with E-state index in [9.17, 15) is 0 Å². The smallest absolute Gasteiger partial charge is 0.127 e. The van der Waals surface area contributed by atoms with Gasteiger partial charge in [0, 0.05) is 0 Å². The van der Waals surface area contributed by atoms with Gasteiger partial charge in [-0.3, -0.25) is 0 Å². The van der Waals surface area contributed by atoms with Gasteiger partial charge >= 0.3 is 0 Å². The third kappa shape index (κ3) is 6.21. The van der Waals surface area contributed by atoms with Gasteiger partial charge in [-0.05, 0) is 43.6 Å². The van der Waals surface area contributed by atoms with Gasteiger partial charge < -0.3 is 4.57 Å². The van der Waals surface area contributed by atoms with Crippen molar-refractivity contribution in [1.29, 1.82) is 0 Å². The Balaban J connectivity index is 2.58. The standard InChI is InChI=1S/C17H29NSi/c1-5-7-13-18(14-8-6-2)19-17-11-9-16(10-12-17)15(3)4/h9-12H,3,5-8,13-14,19H2,1-2,4H3. The van der Waals surface area contributed by atoms with Crippen LogP contribution in [-0.2, 0) is 0 Å². The summed E-state index contributed by atoms with van der Waals surface area (Å²) >= 11 is 0. The molecule has 19 heavy (non-hydrogen) atoms. The van der Waals surface area contributed by atoms with Crippen LogP contribution in [0, 0.1) is 0 Å². The molecule has 0 saturated heterocycles. The number of rotatable bonds is 9. The molecule has 1 aromatic rings. The largest absolute Gasteiger partial charge is 0.325 e. The summed E-state index contributed by atoms with van der Waals surface area (Å²) in [5, 5.41) is 1.55. The zero-order chi connectivity index (χ0) is 14.1. The van der Waals surface area contributed by atoms with Gasteiger partial charge in [-0.15, -0.1) is 0 Å². The summed E-state index contributed by atoms with van der Waals surface area (Å²) in [4.78, 5) is 0. The molecular weight excluding hydrogens is 246 g/mol. The Morgan fingerprint density at radius 3 is 2.00 bits per heavy atom. The van der Waals surface area contributed by atoms with E-state index in [1.807, 2.05) is 0 Å². The van der Waals surface area contributed by atoms with Crippen LogP contribution in [0.3, 0.4) is 0 Å². The summed E-state index contributed by atoms with van der Waals surface area (Å²) < 4.78 is 2.72. The lowest BCUT2D eigenvalue weighted by Gasteiger charge is -2.22. The highest BCUT2D eigenvalue weighted by molar-refractivity contribution is 6.50. The van der Waals surface area contributed by atoms with Gasteiger partial charge in [-0.25, -0.2) is 0 Å². The predicted octanol–water partition coefficient (Wildman–Crippen LogP) is 3.33. The van der Waals surface area contributed by atoms with Crippen LogP contribution in [0.25, 0.3) is 5.57 Å². The summed E-state index contributed by atoms with van der Waals surface area (Å²) in [6.07, 6.45) is 5.26. The van der Waals surface area contributed by atoms with Crippen molar-refractivity contribution in [2.24, 2.45) is 0 Å². The Morgan fingerprint density at radius 2 is 1.58 bits per heavy atom. The van der Waals surface area contributed by atoms with Gasteiger partial charge in [0.25, 0.3) is 0 Å². The quantitative estimate of drug-likeness (QED) is 0.625. The predicted molar refractivity (Wildman–Crippen MR) is 90.7 cm³/mol. The lowest BCUT2D eigenvalue weighted by atomic mass is 10.1. The molecule has 0 aromatic heterocycles. The van der Waals surface area contributed by atoms with Crippen molar-refractivity contribution in [2.75, 3.05) is 13.1 Å². The van der Waals surface area contributed by atoms with Crippen LogP contribution < -0.4 is 5.19 Å². The molecule has 0 bridgehead atoms. The molecule has 0 fully saturated rings. The first-order valence-electron chi connectivity index (χ1n) is 7.64. The normalized spacial score (nSPS) is 11.6. The van der Waals surface area contributed by atoms with E-state index in [-0.39, 0.29) is 9.68 Å². The minimum atomic E-state index is -0.275. The molecule has 0 heterocycles. The molecule has 0 atom stereocenters. The topological polar surface area (TPSA) is 3.24 Å². The number of allylic oxidation sites excluding steroid dienone is 1. The summed E-state index contributed by atoms with van der Waals surface area (Å²) in [6.45, 7) is 13.2. The lowest BCUT2D eigenvalue weighted by Crippen LogP contribution is -2.37. The second-order valence-electron chi connectivity index (χ2n) is 5.46. The Labute approximate surface area is 121 Å². The molecular formula is C17H29NSi. The third-order valence-corrected chi connectivity index (χ3v) is 5.42. The van der Waals surface area contributed by atoms with Crippen molar-refractivity contribution >= 4 is 20.4 Å². The molecule has 0 aliphatic carbocycles. The van der Waals surface area contributed by atoms with Crippen LogP contribution in [0.4, 0.5) is 0 Å². The minimum absolute atomic E-state index is 0.275. The van der Waals surface area contributed by atoms with Crippen LogP contribution >= 0.6 is 0 Å². The van der Waals surface area contributed by atoms with Crippen LogP contribution in [-0.4, -0.2) is 27.3 Å². The van der Waals surface area contributed by atoms with E-state index >= 15 is 0 Å². The molecule has 2 heteroatoms. The number of nitrogens with zero attached hydrogens (tertiary/aromatic N) is 1. The Morgan fingerprint density at radius 1 is 1.05 bits per heavy atom. The maximum atomic E-state index is 4.00. The highest BCUT2D eigenvalue weighted by Crippen LogP contribution is 2.08. The van der Waals surface area contributed by atoms with Crippen molar-refractivity contribution in [1.82, 2.24) is 4.57 Å². The van der Waals surface area contributed by atoms with E-state index in [4.69, 9.17) is 0 Å². The molecule has 0 spiro atoms. The van der Waals surface area contributed by atoms with E-state index in [0.29, 0.717) is 0 Å². The van der Waals surface area contributed by atoms with Crippen LogP contribution in [0.15, 0.2) is 30.8 Å². The Kier molecular flexibility index (Phi) is 7.76. The third-order valence-electron chi connectivity index (χ3n) is 3.51. The second-order valence-corrected chi connectivity index (χ2v) is 7.49. The highest BCUT2D eigenvalue weighted by Gasteiger charge is 2.06. The van der Waals surface area contributed by atoms with Gasteiger partial charge in [-0.1, -0.05) is 63.1 Å².